The lowest BCUT2D eigenvalue weighted by Gasteiger charge is -2.29. The Kier molecular flexibility index (Phi) is 6.48. The van der Waals surface area contributed by atoms with Crippen LogP contribution in [0.1, 0.15) is 18.5 Å². The number of carbonyl (C=O) groups is 1. The lowest BCUT2D eigenvalue weighted by Crippen LogP contribution is -2.38. The summed E-state index contributed by atoms with van der Waals surface area (Å²) in [6.07, 6.45) is 0. The van der Waals surface area contributed by atoms with Gasteiger partial charge in [-0.15, -0.1) is 11.3 Å². The average Bonchev–Trinajstić information content (AvgIpc) is 3.23. The fourth-order valence-electron chi connectivity index (χ4n) is 2.82. The zero-order chi connectivity index (χ0) is 19.3. The van der Waals surface area contributed by atoms with Gasteiger partial charge in [-0.2, -0.15) is 0 Å². The Hall–Kier alpha value is -1.94. The molecular weight excluding hydrogens is 386 g/mol. The van der Waals surface area contributed by atoms with Gasteiger partial charge in [0.05, 0.1) is 25.8 Å². The van der Waals surface area contributed by atoms with Crippen molar-refractivity contribution in [2.24, 2.45) is 0 Å². The maximum Gasteiger partial charge on any atom is 0.250 e. The number of amides is 1. The highest BCUT2D eigenvalue weighted by Gasteiger charge is 2.18. The first kappa shape index (κ1) is 19.8. The van der Waals surface area contributed by atoms with Crippen molar-refractivity contribution in [1.82, 2.24) is 10.0 Å². The first-order valence-electron chi connectivity index (χ1n) is 8.71. The quantitative estimate of drug-likeness (QED) is 0.727. The summed E-state index contributed by atoms with van der Waals surface area (Å²) >= 11 is 1.11. The van der Waals surface area contributed by atoms with E-state index in [2.05, 4.69) is 14.9 Å². The molecule has 1 amide bonds. The highest BCUT2D eigenvalue weighted by Crippen LogP contribution is 2.20. The van der Waals surface area contributed by atoms with E-state index in [1.807, 2.05) is 31.2 Å². The van der Waals surface area contributed by atoms with Crippen LogP contribution in [0.4, 0.5) is 5.69 Å². The molecule has 27 heavy (non-hydrogen) atoms. The Bertz CT molecular complexity index is 845. The van der Waals surface area contributed by atoms with Gasteiger partial charge >= 0.3 is 0 Å². The molecule has 2 aromatic rings. The van der Waals surface area contributed by atoms with Crippen molar-refractivity contribution in [1.29, 1.82) is 0 Å². The molecule has 1 atom stereocenters. The summed E-state index contributed by atoms with van der Waals surface area (Å²) in [4.78, 5) is 14.4. The summed E-state index contributed by atoms with van der Waals surface area (Å²) in [5.41, 5.74) is 2.09. The normalized spacial score (nSPS) is 16.1. The van der Waals surface area contributed by atoms with Crippen molar-refractivity contribution < 1.29 is 17.9 Å². The van der Waals surface area contributed by atoms with Gasteiger partial charge in [0.2, 0.25) is 5.91 Å². The van der Waals surface area contributed by atoms with Crippen LogP contribution in [0.15, 0.2) is 46.0 Å². The van der Waals surface area contributed by atoms with E-state index in [1.165, 1.54) is 6.07 Å². The Morgan fingerprint density at radius 3 is 2.56 bits per heavy atom. The van der Waals surface area contributed by atoms with Crippen molar-refractivity contribution in [3.8, 4) is 0 Å². The molecule has 1 fully saturated rings. The molecule has 1 unspecified atom stereocenters. The Morgan fingerprint density at radius 2 is 1.93 bits per heavy atom. The van der Waals surface area contributed by atoms with Gasteiger partial charge in [-0.05, 0) is 36.1 Å². The lowest BCUT2D eigenvalue weighted by atomic mass is 10.1. The molecule has 1 aromatic heterocycles. The van der Waals surface area contributed by atoms with Crippen LogP contribution in [0.3, 0.4) is 0 Å². The molecule has 2 heterocycles. The lowest BCUT2D eigenvalue weighted by molar-refractivity contribution is -0.120. The third kappa shape index (κ3) is 5.29. The molecule has 0 bridgehead atoms. The maximum atomic E-state index is 12.1. The minimum absolute atomic E-state index is 0.196. The van der Waals surface area contributed by atoms with Crippen LogP contribution >= 0.6 is 11.3 Å². The minimum Gasteiger partial charge on any atom is -0.378 e. The van der Waals surface area contributed by atoms with Crippen LogP contribution in [0.25, 0.3) is 0 Å². The number of carbonyl (C=O) groups excluding carboxylic acids is 1. The SMILES string of the molecule is CC(NC(=O)CNS(=O)(=O)c1cccs1)c1ccc(N2CCOCC2)cc1. The van der Waals surface area contributed by atoms with Gasteiger partial charge in [0.25, 0.3) is 10.0 Å². The summed E-state index contributed by atoms with van der Waals surface area (Å²) < 4.78 is 32.0. The second-order valence-electron chi connectivity index (χ2n) is 6.24. The summed E-state index contributed by atoms with van der Waals surface area (Å²) in [6.45, 7) is 4.78. The number of nitrogens with zero attached hydrogens (tertiary/aromatic N) is 1. The number of hydrogen-bond donors (Lipinski definition) is 2. The van der Waals surface area contributed by atoms with Gasteiger partial charge in [0.1, 0.15) is 4.21 Å². The predicted molar refractivity (Wildman–Crippen MR) is 106 cm³/mol. The number of sulfonamides is 1. The monoisotopic (exact) mass is 409 g/mol. The number of nitrogens with one attached hydrogen (secondary N) is 2. The summed E-state index contributed by atoms with van der Waals surface area (Å²) in [5, 5.41) is 4.49. The fraction of sp³-hybridized carbons (Fsp3) is 0.389. The number of anilines is 1. The van der Waals surface area contributed by atoms with Crippen molar-refractivity contribution in [2.75, 3.05) is 37.7 Å². The smallest absolute Gasteiger partial charge is 0.250 e. The molecule has 0 radical (unpaired) electrons. The van der Waals surface area contributed by atoms with Crippen molar-refractivity contribution in [2.45, 2.75) is 17.2 Å². The van der Waals surface area contributed by atoms with E-state index >= 15 is 0 Å². The molecule has 3 rings (SSSR count). The van der Waals surface area contributed by atoms with E-state index in [4.69, 9.17) is 4.74 Å². The third-order valence-corrected chi connectivity index (χ3v) is 7.13. The number of rotatable bonds is 7. The number of hydrogen-bond acceptors (Lipinski definition) is 6. The molecule has 1 saturated heterocycles. The Morgan fingerprint density at radius 1 is 1.22 bits per heavy atom. The molecule has 2 N–H and O–H groups in total. The summed E-state index contributed by atoms with van der Waals surface area (Å²) in [7, 11) is -3.64. The van der Waals surface area contributed by atoms with Gasteiger partial charge in [0.15, 0.2) is 0 Å². The molecule has 9 heteroatoms. The van der Waals surface area contributed by atoms with Crippen molar-refractivity contribution in [3.63, 3.8) is 0 Å². The Labute approximate surface area is 163 Å². The minimum atomic E-state index is -3.64. The highest BCUT2D eigenvalue weighted by molar-refractivity contribution is 7.91. The molecule has 1 aliphatic rings. The molecule has 7 nitrogen and oxygen atoms in total. The van der Waals surface area contributed by atoms with E-state index in [9.17, 15) is 13.2 Å². The third-order valence-electron chi connectivity index (χ3n) is 4.33. The second kappa shape index (κ2) is 8.83. The van der Waals surface area contributed by atoms with Gasteiger partial charge in [0, 0.05) is 18.8 Å². The fourth-order valence-corrected chi connectivity index (χ4v) is 4.84. The average molecular weight is 410 g/mol. The number of thiophene rings is 1. The van der Waals surface area contributed by atoms with Crippen LogP contribution in [0.2, 0.25) is 0 Å². The second-order valence-corrected chi connectivity index (χ2v) is 9.18. The summed E-state index contributed by atoms with van der Waals surface area (Å²) in [5.74, 6) is -0.375. The molecule has 146 valence electrons. The molecular formula is C18H23N3O4S2. The predicted octanol–water partition coefficient (Wildman–Crippen LogP) is 1.74. The van der Waals surface area contributed by atoms with Gasteiger partial charge in [-0.25, -0.2) is 13.1 Å². The highest BCUT2D eigenvalue weighted by atomic mass is 32.2. The number of morpholine rings is 1. The zero-order valence-electron chi connectivity index (χ0n) is 15.1. The van der Waals surface area contributed by atoms with Crippen molar-refractivity contribution >= 4 is 33.0 Å². The first-order chi connectivity index (χ1) is 13.0. The maximum absolute atomic E-state index is 12.1. The van der Waals surface area contributed by atoms with Crippen molar-refractivity contribution in [3.05, 3.63) is 47.3 Å². The largest absolute Gasteiger partial charge is 0.378 e. The van der Waals surface area contributed by atoms with Crippen LogP contribution in [-0.2, 0) is 19.6 Å². The first-order valence-corrected chi connectivity index (χ1v) is 11.1. The zero-order valence-corrected chi connectivity index (χ0v) is 16.7. The molecule has 1 aromatic carbocycles. The summed E-state index contributed by atoms with van der Waals surface area (Å²) in [6, 6.07) is 11.0. The van der Waals surface area contributed by atoms with Crippen LogP contribution in [-0.4, -0.2) is 47.2 Å². The van der Waals surface area contributed by atoms with E-state index in [0.29, 0.717) is 0 Å². The Balaban J connectivity index is 1.52. The van der Waals surface area contributed by atoms with E-state index in [1.54, 1.807) is 11.4 Å². The molecule has 0 saturated carbocycles. The van der Waals surface area contributed by atoms with E-state index in [-0.39, 0.29) is 22.7 Å². The molecule has 0 spiro atoms. The van der Waals surface area contributed by atoms with Crippen LogP contribution < -0.4 is 14.9 Å². The van der Waals surface area contributed by atoms with E-state index < -0.39 is 10.0 Å². The van der Waals surface area contributed by atoms with Gasteiger partial charge < -0.3 is 15.0 Å². The van der Waals surface area contributed by atoms with Crippen LogP contribution in [0, 0.1) is 0 Å². The van der Waals surface area contributed by atoms with Gasteiger partial charge in [-0.3, -0.25) is 4.79 Å². The van der Waals surface area contributed by atoms with Gasteiger partial charge in [-0.1, -0.05) is 18.2 Å². The topological polar surface area (TPSA) is 87.7 Å². The standard InChI is InChI=1S/C18H23N3O4S2/c1-14(15-4-6-16(7-5-15)21-8-10-25-11-9-21)20-17(22)13-19-27(23,24)18-3-2-12-26-18/h2-7,12,14,19H,8-11,13H2,1H3,(H,20,22). The molecule has 1 aliphatic heterocycles. The molecule has 0 aliphatic carbocycles. The number of benzene rings is 1. The number of ether oxygens (including phenoxy) is 1. The van der Waals surface area contributed by atoms with Crippen LogP contribution in [0.5, 0.6) is 0 Å². The van der Waals surface area contributed by atoms with E-state index in [0.717, 1.165) is 48.9 Å².